The van der Waals surface area contributed by atoms with Gasteiger partial charge in [0.1, 0.15) is 0 Å². The molecule has 0 aliphatic rings. The van der Waals surface area contributed by atoms with Crippen LogP contribution in [0, 0.1) is 0 Å². The van der Waals surface area contributed by atoms with Gasteiger partial charge in [0.2, 0.25) is 6.10 Å². The first kappa shape index (κ1) is 11.7. The minimum atomic E-state index is -1.32. The summed E-state index contributed by atoms with van der Waals surface area (Å²) < 4.78 is 4.30. The second-order valence-electron chi connectivity index (χ2n) is 2.13. The number of primary amides is 1. The third-order valence-corrected chi connectivity index (χ3v) is 1.28. The van der Waals surface area contributed by atoms with Gasteiger partial charge in [0.25, 0.3) is 5.91 Å². The van der Waals surface area contributed by atoms with Crippen LogP contribution in [0.3, 0.4) is 0 Å². The maximum Gasteiger partial charge on any atom is 0.405 e. The normalized spacial score (nSPS) is 11.9. The highest BCUT2D eigenvalue weighted by Crippen LogP contribution is 1.97. The molecule has 0 aliphatic carbocycles. The van der Waals surface area contributed by atoms with E-state index in [1.165, 1.54) is 14.2 Å². The summed E-state index contributed by atoms with van der Waals surface area (Å²) in [7, 11) is 2.58. The number of hydrogen-bond donors (Lipinski definition) is 2. The standard InChI is InChI=1S/C6H12N2O5/c1-8(12-2)5(10)4(3-9)13-6(7)11/h4,9H,3H2,1-2H3,(H2,7,11)/t4-/m0/s1. The summed E-state index contributed by atoms with van der Waals surface area (Å²) in [6.07, 6.45) is -2.45. The van der Waals surface area contributed by atoms with Crippen molar-refractivity contribution in [3.8, 4) is 0 Å². The molecule has 0 spiro atoms. The van der Waals surface area contributed by atoms with Crippen molar-refractivity contribution in [1.29, 1.82) is 0 Å². The number of ether oxygens (including phenoxy) is 1. The lowest BCUT2D eigenvalue weighted by Crippen LogP contribution is -2.41. The average Bonchev–Trinajstić information content (AvgIpc) is 2.11. The van der Waals surface area contributed by atoms with E-state index in [2.05, 4.69) is 15.3 Å². The molecule has 0 saturated carbocycles. The zero-order valence-corrected chi connectivity index (χ0v) is 7.39. The van der Waals surface area contributed by atoms with E-state index in [1.54, 1.807) is 0 Å². The molecule has 1 atom stereocenters. The SMILES string of the molecule is CON(C)C(=O)[C@H](CO)OC(N)=O. The van der Waals surface area contributed by atoms with Crippen molar-refractivity contribution in [1.82, 2.24) is 5.06 Å². The van der Waals surface area contributed by atoms with Crippen LogP contribution in [0.15, 0.2) is 0 Å². The Morgan fingerprint density at radius 1 is 1.62 bits per heavy atom. The number of aliphatic hydroxyl groups excluding tert-OH is 1. The predicted octanol–water partition coefficient (Wildman–Crippen LogP) is -1.54. The monoisotopic (exact) mass is 192 g/mol. The second kappa shape index (κ2) is 5.33. The molecular weight excluding hydrogens is 180 g/mol. The summed E-state index contributed by atoms with van der Waals surface area (Å²) in [4.78, 5) is 25.9. The van der Waals surface area contributed by atoms with Crippen LogP contribution in [-0.2, 0) is 14.4 Å². The van der Waals surface area contributed by atoms with Crippen molar-refractivity contribution in [3.05, 3.63) is 0 Å². The van der Waals surface area contributed by atoms with Crippen LogP contribution in [0.1, 0.15) is 0 Å². The van der Waals surface area contributed by atoms with Crippen LogP contribution in [0.2, 0.25) is 0 Å². The summed E-state index contributed by atoms with van der Waals surface area (Å²) in [6.45, 7) is -0.643. The number of hydroxylamine groups is 2. The number of hydrogen-bond acceptors (Lipinski definition) is 5. The molecule has 13 heavy (non-hydrogen) atoms. The molecule has 7 heteroatoms. The quantitative estimate of drug-likeness (QED) is 0.525. The first-order valence-corrected chi connectivity index (χ1v) is 3.41. The molecule has 0 rings (SSSR count). The first-order chi connectivity index (χ1) is 6.02. The lowest BCUT2D eigenvalue weighted by atomic mass is 10.3. The van der Waals surface area contributed by atoms with E-state index in [9.17, 15) is 9.59 Å². The summed E-state index contributed by atoms with van der Waals surface area (Å²) in [5.41, 5.74) is 4.66. The van der Waals surface area contributed by atoms with Crippen molar-refractivity contribution in [2.24, 2.45) is 5.73 Å². The van der Waals surface area contributed by atoms with Crippen LogP contribution >= 0.6 is 0 Å². The molecule has 7 nitrogen and oxygen atoms in total. The molecule has 0 bridgehead atoms. The highest BCUT2D eigenvalue weighted by atomic mass is 16.7. The van der Waals surface area contributed by atoms with Crippen LogP contribution in [-0.4, -0.2) is 49.0 Å². The Bertz CT molecular complexity index is 195. The lowest BCUT2D eigenvalue weighted by Gasteiger charge is -2.19. The second-order valence-corrected chi connectivity index (χ2v) is 2.13. The Kier molecular flexibility index (Phi) is 4.78. The third kappa shape index (κ3) is 3.72. The minimum absolute atomic E-state index is 0.643. The van der Waals surface area contributed by atoms with Gasteiger partial charge in [-0.2, -0.15) is 0 Å². The van der Waals surface area contributed by atoms with Crippen LogP contribution in [0.25, 0.3) is 0 Å². The first-order valence-electron chi connectivity index (χ1n) is 3.41. The number of rotatable bonds is 4. The van der Waals surface area contributed by atoms with Crippen LogP contribution in [0.4, 0.5) is 4.79 Å². The van der Waals surface area contributed by atoms with Gasteiger partial charge < -0.3 is 15.6 Å². The molecule has 0 radical (unpaired) electrons. The number of carbonyl (C=O) groups is 2. The fourth-order valence-electron chi connectivity index (χ4n) is 0.599. The molecule has 0 saturated heterocycles. The number of nitrogens with zero attached hydrogens (tertiary/aromatic N) is 1. The van der Waals surface area contributed by atoms with E-state index in [4.69, 9.17) is 5.11 Å². The highest BCUT2D eigenvalue weighted by Gasteiger charge is 2.24. The predicted molar refractivity (Wildman–Crippen MR) is 41.3 cm³/mol. The number of aliphatic hydroxyl groups is 1. The lowest BCUT2D eigenvalue weighted by molar-refractivity contribution is -0.179. The van der Waals surface area contributed by atoms with Gasteiger partial charge in [-0.25, -0.2) is 9.86 Å². The smallest absolute Gasteiger partial charge is 0.405 e. The molecule has 0 aliphatic heterocycles. The maximum atomic E-state index is 11.1. The highest BCUT2D eigenvalue weighted by molar-refractivity contribution is 5.82. The van der Waals surface area contributed by atoms with Gasteiger partial charge in [-0.1, -0.05) is 0 Å². The molecule has 2 amide bonds. The molecule has 0 aromatic rings. The van der Waals surface area contributed by atoms with Crippen molar-refractivity contribution >= 4 is 12.0 Å². The molecule has 0 aromatic carbocycles. The number of nitrogens with two attached hydrogens (primary N) is 1. The van der Waals surface area contributed by atoms with Gasteiger partial charge in [0, 0.05) is 7.05 Å². The van der Waals surface area contributed by atoms with Crippen LogP contribution in [0.5, 0.6) is 0 Å². The molecule has 0 aromatic heterocycles. The molecular formula is C6H12N2O5. The van der Waals surface area contributed by atoms with E-state index < -0.39 is 24.7 Å². The zero-order valence-electron chi connectivity index (χ0n) is 7.39. The third-order valence-electron chi connectivity index (χ3n) is 1.28. The van der Waals surface area contributed by atoms with Gasteiger partial charge in [-0.05, 0) is 0 Å². The molecule has 0 fully saturated rings. The number of carbonyl (C=O) groups excluding carboxylic acids is 2. The Labute approximate surface area is 75.0 Å². The summed E-state index contributed by atoms with van der Waals surface area (Å²) >= 11 is 0. The topological polar surface area (TPSA) is 102 Å². The van der Waals surface area contributed by atoms with Gasteiger partial charge in [0.15, 0.2) is 0 Å². The minimum Gasteiger partial charge on any atom is -0.434 e. The fraction of sp³-hybridized carbons (Fsp3) is 0.667. The number of likely N-dealkylation sites (N-methyl/N-ethyl adjacent to an activating group) is 1. The van der Waals surface area contributed by atoms with Crippen molar-refractivity contribution < 1.29 is 24.3 Å². The van der Waals surface area contributed by atoms with E-state index >= 15 is 0 Å². The maximum absolute atomic E-state index is 11.1. The molecule has 3 N–H and O–H groups in total. The van der Waals surface area contributed by atoms with E-state index in [1.807, 2.05) is 0 Å². The molecule has 0 heterocycles. The zero-order chi connectivity index (χ0) is 10.4. The average molecular weight is 192 g/mol. The van der Waals surface area contributed by atoms with Gasteiger partial charge in [-0.3, -0.25) is 9.63 Å². The van der Waals surface area contributed by atoms with Gasteiger partial charge in [-0.15, -0.1) is 0 Å². The van der Waals surface area contributed by atoms with Gasteiger partial charge >= 0.3 is 6.09 Å². The largest absolute Gasteiger partial charge is 0.434 e. The van der Waals surface area contributed by atoms with Gasteiger partial charge in [0.05, 0.1) is 13.7 Å². The molecule has 0 unspecified atom stereocenters. The summed E-state index contributed by atoms with van der Waals surface area (Å²) in [5, 5.41) is 9.48. The van der Waals surface area contributed by atoms with E-state index in [-0.39, 0.29) is 0 Å². The Hall–Kier alpha value is -1.34. The van der Waals surface area contributed by atoms with Crippen LogP contribution < -0.4 is 5.73 Å². The summed E-state index contributed by atoms with van der Waals surface area (Å²) in [6, 6.07) is 0. The van der Waals surface area contributed by atoms with Crippen molar-refractivity contribution in [3.63, 3.8) is 0 Å². The Balaban J connectivity index is 4.22. The molecule has 76 valence electrons. The van der Waals surface area contributed by atoms with E-state index in [0.29, 0.717) is 0 Å². The fourth-order valence-corrected chi connectivity index (χ4v) is 0.599. The number of amides is 2. The van der Waals surface area contributed by atoms with E-state index in [0.717, 1.165) is 5.06 Å². The van der Waals surface area contributed by atoms with Crippen molar-refractivity contribution in [2.45, 2.75) is 6.10 Å². The Morgan fingerprint density at radius 2 is 2.15 bits per heavy atom. The summed E-state index contributed by atoms with van der Waals surface area (Å²) in [5.74, 6) is -0.691. The Morgan fingerprint density at radius 3 is 2.46 bits per heavy atom. The van der Waals surface area contributed by atoms with Crippen molar-refractivity contribution in [2.75, 3.05) is 20.8 Å².